The summed E-state index contributed by atoms with van der Waals surface area (Å²) >= 11 is 0. The summed E-state index contributed by atoms with van der Waals surface area (Å²) in [5.41, 5.74) is -1.30. The van der Waals surface area contributed by atoms with Crippen molar-refractivity contribution in [3.8, 4) is 0 Å². The number of alkyl halides is 3. The van der Waals surface area contributed by atoms with Crippen molar-refractivity contribution in [3.05, 3.63) is 23.4 Å². The Hall–Kier alpha value is -2.52. The van der Waals surface area contributed by atoms with E-state index < -0.39 is 17.8 Å². The quantitative estimate of drug-likeness (QED) is 0.291. The zero-order valence-corrected chi connectivity index (χ0v) is 11.7. The van der Waals surface area contributed by atoms with Crippen LogP contribution in [-0.2, 0) is 6.18 Å². The van der Waals surface area contributed by atoms with Crippen molar-refractivity contribution in [2.75, 3.05) is 12.4 Å². The minimum atomic E-state index is -4.64. The topological polar surface area (TPSA) is 104 Å². The van der Waals surface area contributed by atoms with Crippen molar-refractivity contribution in [1.29, 1.82) is 0 Å². The van der Waals surface area contributed by atoms with Crippen LogP contribution in [0.2, 0.25) is 0 Å². The van der Waals surface area contributed by atoms with Gasteiger partial charge in [-0.1, -0.05) is 0 Å². The molecule has 2 rings (SSSR count). The monoisotopic (exact) mass is 316 g/mol. The van der Waals surface area contributed by atoms with Crippen LogP contribution in [0.4, 0.5) is 23.8 Å². The van der Waals surface area contributed by atoms with Crippen molar-refractivity contribution < 1.29 is 18.0 Å². The normalized spacial score (nSPS) is 15.4. The molecule has 22 heavy (non-hydrogen) atoms. The van der Waals surface area contributed by atoms with Gasteiger partial charge in [0, 0.05) is 24.8 Å². The van der Waals surface area contributed by atoms with Crippen molar-refractivity contribution in [1.82, 2.24) is 15.6 Å². The van der Waals surface area contributed by atoms with Gasteiger partial charge in [-0.15, -0.1) is 0 Å². The number of nitrogens with one attached hydrogen (secondary N) is 3. The number of carbonyl (C=O) groups is 1. The minimum absolute atomic E-state index is 0.0848. The average Bonchev–Trinajstić information content (AvgIpc) is 3.24. The van der Waals surface area contributed by atoms with Crippen molar-refractivity contribution in [2.45, 2.75) is 25.1 Å². The van der Waals surface area contributed by atoms with Crippen LogP contribution >= 0.6 is 0 Å². The van der Waals surface area contributed by atoms with E-state index in [0.717, 1.165) is 25.1 Å². The number of anilines is 1. The highest BCUT2D eigenvalue weighted by molar-refractivity contribution is 6.00. The number of nitrogens with two attached hydrogens (primary N) is 1. The Morgan fingerprint density at radius 1 is 1.45 bits per heavy atom. The number of amidine groups is 1. The molecule has 120 valence electrons. The minimum Gasteiger partial charge on any atom is -0.371 e. The van der Waals surface area contributed by atoms with Gasteiger partial charge in [-0.2, -0.15) is 18.3 Å². The molecule has 0 atom stereocenters. The smallest absolute Gasteiger partial charge is 0.371 e. The first kappa shape index (κ1) is 15.9. The fourth-order valence-corrected chi connectivity index (χ4v) is 1.78. The Balaban J connectivity index is 2.28. The zero-order chi connectivity index (χ0) is 16.3. The molecule has 0 aromatic carbocycles. The SMILES string of the molecule is CN/C(=N\N)c1cnc(NC(=O)NC2CC2)cc1C(F)(F)F. The number of pyridine rings is 1. The maximum atomic E-state index is 13.1. The van der Waals surface area contributed by atoms with Gasteiger partial charge >= 0.3 is 12.2 Å². The summed E-state index contributed by atoms with van der Waals surface area (Å²) in [7, 11) is 1.39. The third kappa shape index (κ3) is 3.77. The lowest BCUT2D eigenvalue weighted by molar-refractivity contribution is -0.137. The number of rotatable bonds is 3. The van der Waals surface area contributed by atoms with E-state index in [4.69, 9.17) is 5.84 Å². The van der Waals surface area contributed by atoms with Crippen LogP contribution in [0.25, 0.3) is 0 Å². The number of nitrogens with zero attached hydrogens (tertiary/aromatic N) is 2. The summed E-state index contributed by atoms with van der Waals surface area (Å²) < 4.78 is 39.4. The predicted octanol–water partition coefficient (Wildman–Crippen LogP) is 1.22. The highest BCUT2D eigenvalue weighted by Gasteiger charge is 2.35. The fraction of sp³-hybridized carbons (Fsp3) is 0.417. The summed E-state index contributed by atoms with van der Waals surface area (Å²) in [4.78, 5) is 15.3. The molecule has 10 heteroatoms. The second-order valence-corrected chi connectivity index (χ2v) is 4.71. The largest absolute Gasteiger partial charge is 0.417 e. The number of halogens is 3. The van der Waals surface area contributed by atoms with Crippen LogP contribution in [-0.4, -0.2) is 29.9 Å². The third-order valence-electron chi connectivity index (χ3n) is 2.98. The number of hydrazone groups is 1. The molecule has 1 aliphatic carbocycles. The van der Waals surface area contributed by atoms with Gasteiger partial charge in [0.2, 0.25) is 0 Å². The maximum absolute atomic E-state index is 13.1. The molecule has 0 bridgehead atoms. The van der Waals surface area contributed by atoms with Gasteiger partial charge in [0.25, 0.3) is 0 Å². The van der Waals surface area contributed by atoms with Crippen molar-refractivity contribution in [3.63, 3.8) is 0 Å². The molecule has 1 saturated carbocycles. The summed E-state index contributed by atoms with van der Waals surface area (Å²) in [5, 5.41) is 10.6. The lowest BCUT2D eigenvalue weighted by Crippen LogP contribution is -2.31. The van der Waals surface area contributed by atoms with E-state index in [1.165, 1.54) is 7.05 Å². The van der Waals surface area contributed by atoms with Crippen LogP contribution < -0.4 is 21.8 Å². The fourth-order valence-electron chi connectivity index (χ4n) is 1.78. The van der Waals surface area contributed by atoms with Gasteiger partial charge in [0.15, 0.2) is 5.84 Å². The van der Waals surface area contributed by atoms with E-state index in [2.05, 4.69) is 26.0 Å². The number of carbonyl (C=O) groups excluding carboxylic acids is 1. The number of hydrogen-bond donors (Lipinski definition) is 4. The number of urea groups is 1. The molecule has 0 saturated heterocycles. The van der Waals surface area contributed by atoms with Gasteiger partial charge in [-0.25, -0.2) is 9.78 Å². The molecular formula is C12H15F3N6O. The van der Waals surface area contributed by atoms with Gasteiger partial charge in [-0.3, -0.25) is 5.32 Å². The Bertz CT molecular complexity index is 597. The van der Waals surface area contributed by atoms with Gasteiger partial charge in [0.1, 0.15) is 5.82 Å². The molecule has 5 N–H and O–H groups in total. The highest BCUT2D eigenvalue weighted by atomic mass is 19.4. The molecule has 0 unspecified atom stereocenters. The van der Waals surface area contributed by atoms with Gasteiger partial charge < -0.3 is 16.5 Å². The molecule has 2 amide bonds. The van der Waals surface area contributed by atoms with E-state index >= 15 is 0 Å². The Morgan fingerprint density at radius 2 is 2.14 bits per heavy atom. The Morgan fingerprint density at radius 3 is 2.64 bits per heavy atom. The Labute approximate surface area is 124 Å². The summed E-state index contributed by atoms with van der Waals surface area (Å²) in [6, 6.07) is 0.239. The standard InChI is InChI=1S/C12H15F3N6O/c1-17-10(21-16)7-5-18-9(4-8(7)12(13,14)15)20-11(22)19-6-2-3-6/h4-6H,2-3,16H2,1H3,(H,17,21)(H2,18,19,20,22). The molecule has 1 fully saturated rings. The zero-order valence-electron chi connectivity index (χ0n) is 11.7. The average molecular weight is 316 g/mol. The first-order valence-electron chi connectivity index (χ1n) is 6.46. The van der Waals surface area contributed by atoms with Crippen molar-refractivity contribution >= 4 is 17.7 Å². The molecule has 1 aromatic heterocycles. The van der Waals surface area contributed by atoms with E-state index in [1.54, 1.807) is 0 Å². The van der Waals surface area contributed by atoms with Crippen molar-refractivity contribution in [2.24, 2.45) is 10.9 Å². The molecule has 7 nitrogen and oxygen atoms in total. The highest BCUT2D eigenvalue weighted by Crippen LogP contribution is 2.33. The summed E-state index contributed by atoms with van der Waals surface area (Å²) in [6.45, 7) is 0. The molecule has 0 radical (unpaired) electrons. The number of hydrogen-bond acceptors (Lipinski definition) is 4. The molecule has 0 aliphatic heterocycles. The van der Waals surface area contributed by atoms with E-state index in [1.807, 2.05) is 0 Å². The lowest BCUT2D eigenvalue weighted by Gasteiger charge is -2.15. The van der Waals surface area contributed by atoms with E-state index in [0.29, 0.717) is 0 Å². The number of amides is 2. The lowest BCUT2D eigenvalue weighted by atomic mass is 10.1. The second kappa shape index (κ2) is 6.08. The first-order chi connectivity index (χ1) is 10.3. The third-order valence-corrected chi connectivity index (χ3v) is 2.98. The second-order valence-electron chi connectivity index (χ2n) is 4.71. The van der Waals surface area contributed by atoms with Crippen LogP contribution in [0.15, 0.2) is 17.4 Å². The molecule has 1 aliphatic rings. The van der Waals surface area contributed by atoms with E-state index in [-0.39, 0.29) is 23.3 Å². The Kier molecular flexibility index (Phi) is 4.38. The molecule has 0 spiro atoms. The van der Waals surface area contributed by atoms with Crippen LogP contribution in [0.1, 0.15) is 24.0 Å². The van der Waals surface area contributed by atoms with Gasteiger partial charge in [-0.05, 0) is 18.9 Å². The summed E-state index contributed by atoms with van der Waals surface area (Å²) in [5.74, 6) is 4.69. The first-order valence-corrected chi connectivity index (χ1v) is 6.46. The van der Waals surface area contributed by atoms with Crippen LogP contribution in [0, 0.1) is 0 Å². The maximum Gasteiger partial charge on any atom is 0.417 e. The number of aromatic nitrogens is 1. The summed E-state index contributed by atoms with van der Waals surface area (Å²) in [6.07, 6.45) is -1.95. The molecular weight excluding hydrogens is 301 g/mol. The van der Waals surface area contributed by atoms with Gasteiger partial charge in [0.05, 0.1) is 5.56 Å². The molecule has 1 aromatic rings. The van der Waals surface area contributed by atoms with E-state index in [9.17, 15) is 18.0 Å². The molecule has 1 heterocycles. The van der Waals surface area contributed by atoms with Crippen LogP contribution in [0.3, 0.4) is 0 Å². The van der Waals surface area contributed by atoms with Crippen LogP contribution in [0.5, 0.6) is 0 Å². The predicted molar refractivity (Wildman–Crippen MR) is 74.2 cm³/mol.